The number of hydrogen-bond donors (Lipinski definition) is 0. The molecule has 2 rings (SSSR count). The third-order valence-electron chi connectivity index (χ3n) is 2.79. The van der Waals surface area contributed by atoms with Gasteiger partial charge < -0.3 is 14.2 Å². The lowest BCUT2D eigenvalue weighted by molar-refractivity contribution is 0.103. The van der Waals surface area contributed by atoms with Crippen LogP contribution >= 0.6 is 27.3 Å². The van der Waals surface area contributed by atoms with Gasteiger partial charge >= 0.3 is 0 Å². The minimum Gasteiger partial charge on any atom is -0.495 e. The van der Waals surface area contributed by atoms with Crippen LogP contribution in [0.2, 0.25) is 0 Å². The van der Waals surface area contributed by atoms with Gasteiger partial charge in [0.15, 0.2) is 0 Å². The molecule has 1 aromatic carbocycles. The monoisotopic (exact) mass is 370 g/mol. The minimum absolute atomic E-state index is 0.0639. The molecule has 21 heavy (non-hydrogen) atoms. The van der Waals surface area contributed by atoms with Gasteiger partial charge in [0, 0.05) is 12.7 Å². The Morgan fingerprint density at radius 1 is 1.19 bits per heavy atom. The molecule has 112 valence electrons. The highest BCUT2D eigenvalue weighted by Gasteiger charge is 2.17. The van der Waals surface area contributed by atoms with Gasteiger partial charge in [0.2, 0.25) is 5.78 Å². The summed E-state index contributed by atoms with van der Waals surface area (Å²) in [5, 5.41) is 1.84. The van der Waals surface area contributed by atoms with Crippen LogP contribution in [0.1, 0.15) is 15.2 Å². The summed E-state index contributed by atoms with van der Waals surface area (Å²) >= 11 is 4.79. The predicted octanol–water partition coefficient (Wildman–Crippen LogP) is 3.78. The van der Waals surface area contributed by atoms with E-state index in [-0.39, 0.29) is 5.78 Å². The zero-order valence-electron chi connectivity index (χ0n) is 11.7. The molecule has 0 spiro atoms. The topological polar surface area (TPSA) is 44.8 Å². The molecule has 0 fully saturated rings. The van der Waals surface area contributed by atoms with Crippen LogP contribution in [0.3, 0.4) is 0 Å². The second-order valence-electron chi connectivity index (χ2n) is 4.13. The van der Waals surface area contributed by atoms with Gasteiger partial charge in [0.25, 0.3) is 0 Å². The lowest BCUT2D eigenvalue weighted by Crippen LogP contribution is -2.05. The minimum atomic E-state index is -0.0639. The van der Waals surface area contributed by atoms with E-state index in [1.165, 1.54) is 11.3 Å². The van der Waals surface area contributed by atoms with Crippen molar-refractivity contribution in [3.8, 4) is 11.5 Å². The van der Waals surface area contributed by atoms with Crippen LogP contribution in [-0.4, -0.2) is 33.2 Å². The standard InChI is InChI=1S/C15H15BrO4S/c1-18-6-7-20-12-4-3-10(9-11(12)16)14(17)15-13(19-2)5-8-21-15/h3-5,8-9H,6-7H2,1-2H3. The smallest absolute Gasteiger partial charge is 0.206 e. The van der Waals surface area contributed by atoms with Crippen LogP contribution < -0.4 is 9.47 Å². The summed E-state index contributed by atoms with van der Waals surface area (Å²) < 4.78 is 16.4. The zero-order valence-corrected chi connectivity index (χ0v) is 14.1. The summed E-state index contributed by atoms with van der Waals surface area (Å²) in [4.78, 5) is 13.1. The normalized spacial score (nSPS) is 10.4. The van der Waals surface area contributed by atoms with Crippen molar-refractivity contribution in [1.29, 1.82) is 0 Å². The Kier molecular flexibility index (Phi) is 5.78. The largest absolute Gasteiger partial charge is 0.495 e. The van der Waals surface area contributed by atoms with E-state index in [9.17, 15) is 4.79 Å². The van der Waals surface area contributed by atoms with Gasteiger partial charge in [-0.25, -0.2) is 0 Å². The number of benzene rings is 1. The maximum Gasteiger partial charge on any atom is 0.206 e. The highest BCUT2D eigenvalue weighted by Crippen LogP contribution is 2.31. The van der Waals surface area contributed by atoms with Crippen LogP contribution in [0, 0.1) is 0 Å². The molecule has 0 unspecified atom stereocenters. The number of methoxy groups -OCH3 is 2. The molecule has 0 saturated heterocycles. The summed E-state index contributed by atoms with van der Waals surface area (Å²) in [5.41, 5.74) is 0.585. The number of thiophene rings is 1. The van der Waals surface area contributed by atoms with E-state index in [1.807, 2.05) is 5.38 Å². The Hall–Kier alpha value is -1.37. The number of carbonyl (C=O) groups is 1. The van der Waals surface area contributed by atoms with Crippen molar-refractivity contribution in [1.82, 2.24) is 0 Å². The fraction of sp³-hybridized carbons (Fsp3) is 0.267. The van der Waals surface area contributed by atoms with Gasteiger partial charge in [-0.2, -0.15) is 0 Å². The molecule has 1 heterocycles. The maximum atomic E-state index is 12.5. The van der Waals surface area contributed by atoms with Gasteiger partial charge in [0.05, 0.1) is 18.2 Å². The van der Waals surface area contributed by atoms with Gasteiger partial charge in [-0.15, -0.1) is 11.3 Å². The molecule has 0 radical (unpaired) electrons. The highest BCUT2D eigenvalue weighted by atomic mass is 79.9. The molecule has 0 bridgehead atoms. The van der Waals surface area contributed by atoms with Crippen LogP contribution in [0.15, 0.2) is 34.1 Å². The van der Waals surface area contributed by atoms with E-state index >= 15 is 0 Å². The molecule has 0 aliphatic heterocycles. The molecule has 0 aliphatic rings. The van der Waals surface area contributed by atoms with Gasteiger partial charge in [-0.1, -0.05) is 0 Å². The molecule has 2 aromatic rings. The first-order valence-corrected chi connectivity index (χ1v) is 7.92. The molecule has 1 aromatic heterocycles. The lowest BCUT2D eigenvalue weighted by Gasteiger charge is -2.09. The van der Waals surface area contributed by atoms with Crippen molar-refractivity contribution in [3.63, 3.8) is 0 Å². The molecule has 0 aliphatic carbocycles. The average Bonchev–Trinajstić information content (AvgIpc) is 2.96. The molecular formula is C15H15BrO4S. The fourth-order valence-corrected chi connectivity index (χ4v) is 3.06. The van der Waals surface area contributed by atoms with Crippen molar-refractivity contribution in [3.05, 3.63) is 44.6 Å². The molecule has 0 amide bonds. The van der Waals surface area contributed by atoms with Crippen LogP contribution in [0.5, 0.6) is 11.5 Å². The van der Waals surface area contributed by atoms with Crippen molar-refractivity contribution >= 4 is 33.0 Å². The molecular weight excluding hydrogens is 356 g/mol. The zero-order chi connectivity index (χ0) is 15.2. The summed E-state index contributed by atoms with van der Waals surface area (Å²) in [6.45, 7) is 0.973. The van der Waals surface area contributed by atoms with Crippen LogP contribution in [0.25, 0.3) is 0 Å². The molecule has 0 saturated carbocycles. The molecule has 0 atom stereocenters. The number of halogens is 1. The fourth-order valence-electron chi connectivity index (χ4n) is 1.75. The van der Waals surface area contributed by atoms with Gasteiger partial charge in [-0.3, -0.25) is 4.79 Å². The van der Waals surface area contributed by atoms with E-state index in [0.717, 1.165) is 4.47 Å². The van der Waals surface area contributed by atoms with Crippen LogP contribution in [-0.2, 0) is 4.74 Å². The van der Waals surface area contributed by atoms with E-state index in [1.54, 1.807) is 38.5 Å². The summed E-state index contributed by atoms with van der Waals surface area (Å²) in [5.74, 6) is 1.22. The van der Waals surface area contributed by atoms with Crippen molar-refractivity contribution in [2.24, 2.45) is 0 Å². The van der Waals surface area contributed by atoms with Crippen LogP contribution in [0.4, 0.5) is 0 Å². The second kappa shape index (κ2) is 7.59. The quantitative estimate of drug-likeness (QED) is 0.549. The number of rotatable bonds is 7. The third kappa shape index (κ3) is 3.84. The average molecular weight is 371 g/mol. The van der Waals surface area contributed by atoms with E-state index < -0.39 is 0 Å². The number of hydrogen-bond acceptors (Lipinski definition) is 5. The van der Waals surface area contributed by atoms with Crippen molar-refractivity contribution < 1.29 is 19.0 Å². The number of carbonyl (C=O) groups excluding carboxylic acids is 1. The maximum absolute atomic E-state index is 12.5. The van der Waals surface area contributed by atoms with E-state index in [0.29, 0.717) is 35.2 Å². The van der Waals surface area contributed by atoms with Gasteiger partial charge in [-0.05, 0) is 45.6 Å². The second-order valence-corrected chi connectivity index (χ2v) is 5.90. The van der Waals surface area contributed by atoms with Crippen molar-refractivity contribution in [2.45, 2.75) is 0 Å². The number of ether oxygens (including phenoxy) is 3. The first kappa shape index (κ1) is 16.0. The summed E-state index contributed by atoms with van der Waals surface area (Å²) in [6, 6.07) is 7.06. The Labute approximate surface area is 135 Å². The predicted molar refractivity (Wildman–Crippen MR) is 85.8 cm³/mol. The Bertz CT molecular complexity index is 624. The molecule has 0 N–H and O–H groups in total. The Morgan fingerprint density at radius 2 is 2.00 bits per heavy atom. The molecule has 4 nitrogen and oxygen atoms in total. The Morgan fingerprint density at radius 3 is 2.67 bits per heavy atom. The van der Waals surface area contributed by atoms with Crippen molar-refractivity contribution in [2.75, 3.05) is 27.4 Å². The summed E-state index contributed by atoms with van der Waals surface area (Å²) in [6.07, 6.45) is 0. The Balaban J connectivity index is 2.18. The first-order valence-electron chi connectivity index (χ1n) is 6.25. The SMILES string of the molecule is COCCOc1ccc(C(=O)c2sccc2OC)cc1Br. The summed E-state index contributed by atoms with van der Waals surface area (Å²) in [7, 11) is 3.18. The van der Waals surface area contributed by atoms with E-state index in [2.05, 4.69) is 15.9 Å². The molecule has 6 heteroatoms. The van der Waals surface area contributed by atoms with E-state index in [4.69, 9.17) is 14.2 Å². The highest BCUT2D eigenvalue weighted by molar-refractivity contribution is 9.10. The third-order valence-corrected chi connectivity index (χ3v) is 4.31. The number of ketones is 1. The van der Waals surface area contributed by atoms with Gasteiger partial charge in [0.1, 0.15) is 23.0 Å². The lowest BCUT2D eigenvalue weighted by atomic mass is 10.1. The first-order chi connectivity index (χ1) is 10.2.